The average molecular weight is 277 g/mol. The van der Waals surface area contributed by atoms with Crippen LogP contribution in [0.3, 0.4) is 0 Å². The van der Waals surface area contributed by atoms with Gasteiger partial charge in [-0.25, -0.2) is 4.68 Å². The first-order chi connectivity index (χ1) is 9.10. The first-order valence-corrected chi connectivity index (χ1v) is 6.34. The van der Waals surface area contributed by atoms with Crippen molar-refractivity contribution >= 4 is 29.2 Å². The van der Waals surface area contributed by atoms with Gasteiger partial charge in [0.2, 0.25) is 0 Å². The molecule has 1 heterocycles. The van der Waals surface area contributed by atoms with Gasteiger partial charge in [0.1, 0.15) is 0 Å². The largest absolute Gasteiger partial charge is 0.379 e. The number of anilines is 2. The molecule has 1 N–H and O–H groups in total. The Kier molecular flexibility index (Phi) is 4.12. The standard InChI is InChI=1S/C14H17ClN4/c1-4-19-10-11(9-17-19)8-16-13-7-12(15)5-6-14(13)18(2)3/h4-7,9-10,16H,1,8H2,2-3H3. The average Bonchev–Trinajstić information content (AvgIpc) is 2.84. The van der Waals surface area contributed by atoms with Crippen molar-refractivity contribution in [3.05, 3.63) is 47.8 Å². The van der Waals surface area contributed by atoms with Gasteiger partial charge in [0.15, 0.2) is 0 Å². The van der Waals surface area contributed by atoms with Gasteiger partial charge in [-0.3, -0.25) is 0 Å². The summed E-state index contributed by atoms with van der Waals surface area (Å²) < 4.78 is 1.68. The third-order valence-electron chi connectivity index (χ3n) is 2.77. The Balaban J connectivity index is 2.14. The first kappa shape index (κ1) is 13.5. The van der Waals surface area contributed by atoms with Crippen LogP contribution in [0.15, 0.2) is 37.2 Å². The summed E-state index contributed by atoms with van der Waals surface area (Å²) in [6.07, 6.45) is 5.41. The van der Waals surface area contributed by atoms with E-state index in [1.54, 1.807) is 10.9 Å². The van der Waals surface area contributed by atoms with Crippen LogP contribution >= 0.6 is 11.6 Å². The van der Waals surface area contributed by atoms with Crippen LogP contribution in [0.5, 0.6) is 0 Å². The van der Waals surface area contributed by atoms with E-state index >= 15 is 0 Å². The lowest BCUT2D eigenvalue weighted by Crippen LogP contribution is -2.12. The highest BCUT2D eigenvalue weighted by atomic mass is 35.5. The number of rotatable bonds is 5. The number of hydrogen-bond donors (Lipinski definition) is 1. The third kappa shape index (κ3) is 3.29. The van der Waals surface area contributed by atoms with E-state index in [1.807, 2.05) is 49.6 Å². The molecule has 0 amide bonds. The quantitative estimate of drug-likeness (QED) is 0.909. The number of halogens is 1. The molecule has 0 radical (unpaired) electrons. The second-order valence-electron chi connectivity index (χ2n) is 4.42. The molecule has 5 heteroatoms. The Morgan fingerprint density at radius 1 is 1.47 bits per heavy atom. The number of nitrogens with zero attached hydrogens (tertiary/aromatic N) is 3. The highest BCUT2D eigenvalue weighted by Crippen LogP contribution is 2.28. The van der Waals surface area contributed by atoms with Gasteiger partial charge < -0.3 is 10.2 Å². The van der Waals surface area contributed by atoms with E-state index in [9.17, 15) is 0 Å². The van der Waals surface area contributed by atoms with Crippen LogP contribution in [0.1, 0.15) is 5.56 Å². The van der Waals surface area contributed by atoms with Crippen molar-refractivity contribution in [2.24, 2.45) is 0 Å². The zero-order chi connectivity index (χ0) is 13.8. The third-order valence-corrected chi connectivity index (χ3v) is 3.00. The van der Waals surface area contributed by atoms with Crippen LogP contribution in [0.4, 0.5) is 11.4 Å². The number of hydrogen-bond acceptors (Lipinski definition) is 3. The predicted octanol–water partition coefficient (Wildman–Crippen LogP) is 3.32. The summed E-state index contributed by atoms with van der Waals surface area (Å²) in [6, 6.07) is 5.81. The van der Waals surface area contributed by atoms with Crippen molar-refractivity contribution < 1.29 is 0 Å². The summed E-state index contributed by atoms with van der Waals surface area (Å²) in [7, 11) is 4.01. The lowest BCUT2D eigenvalue weighted by molar-refractivity contribution is 0.936. The van der Waals surface area contributed by atoms with Crippen molar-refractivity contribution in [1.29, 1.82) is 0 Å². The molecule has 0 saturated carbocycles. The molecule has 100 valence electrons. The van der Waals surface area contributed by atoms with E-state index in [0.29, 0.717) is 6.54 Å². The lowest BCUT2D eigenvalue weighted by Gasteiger charge is -2.18. The molecule has 0 unspecified atom stereocenters. The van der Waals surface area contributed by atoms with E-state index in [-0.39, 0.29) is 0 Å². The Morgan fingerprint density at radius 3 is 2.89 bits per heavy atom. The van der Waals surface area contributed by atoms with Crippen LogP contribution in [-0.4, -0.2) is 23.9 Å². The van der Waals surface area contributed by atoms with Gasteiger partial charge in [0.05, 0.1) is 17.6 Å². The molecule has 1 aromatic carbocycles. The maximum Gasteiger partial charge on any atom is 0.0597 e. The topological polar surface area (TPSA) is 33.1 Å². The van der Waals surface area contributed by atoms with Gasteiger partial charge in [0, 0.05) is 43.6 Å². The van der Waals surface area contributed by atoms with E-state index < -0.39 is 0 Å². The van der Waals surface area contributed by atoms with E-state index in [0.717, 1.165) is 22.0 Å². The van der Waals surface area contributed by atoms with Gasteiger partial charge in [0.25, 0.3) is 0 Å². The second-order valence-corrected chi connectivity index (χ2v) is 4.86. The Morgan fingerprint density at radius 2 is 2.26 bits per heavy atom. The number of benzene rings is 1. The minimum absolute atomic E-state index is 0.690. The van der Waals surface area contributed by atoms with Crippen molar-refractivity contribution in [3.63, 3.8) is 0 Å². The maximum absolute atomic E-state index is 6.04. The summed E-state index contributed by atoms with van der Waals surface area (Å²) >= 11 is 6.04. The fourth-order valence-corrected chi connectivity index (χ4v) is 1.98. The molecule has 2 rings (SSSR count). The first-order valence-electron chi connectivity index (χ1n) is 5.96. The van der Waals surface area contributed by atoms with E-state index in [2.05, 4.69) is 17.0 Å². The molecule has 4 nitrogen and oxygen atoms in total. The number of aromatic nitrogens is 2. The fraction of sp³-hybridized carbons (Fsp3) is 0.214. The van der Waals surface area contributed by atoms with Crippen molar-refractivity contribution in [3.8, 4) is 0 Å². The molecule has 0 atom stereocenters. The summed E-state index contributed by atoms with van der Waals surface area (Å²) in [5.41, 5.74) is 3.19. The maximum atomic E-state index is 6.04. The summed E-state index contributed by atoms with van der Waals surface area (Å²) in [5, 5.41) is 8.24. The Hall–Kier alpha value is -1.94. The molecule has 0 aliphatic heterocycles. The monoisotopic (exact) mass is 276 g/mol. The summed E-state index contributed by atoms with van der Waals surface area (Å²) in [6.45, 7) is 4.36. The molecular formula is C14H17ClN4. The predicted molar refractivity (Wildman–Crippen MR) is 81.7 cm³/mol. The van der Waals surface area contributed by atoms with Crippen molar-refractivity contribution in [2.75, 3.05) is 24.3 Å². The minimum Gasteiger partial charge on any atom is -0.379 e. The Bertz CT molecular complexity index is 575. The molecule has 0 aliphatic rings. The SMILES string of the molecule is C=Cn1cc(CNc2cc(Cl)ccc2N(C)C)cn1. The van der Waals surface area contributed by atoms with Gasteiger partial charge in [-0.15, -0.1) is 0 Å². The minimum atomic E-state index is 0.690. The molecular weight excluding hydrogens is 260 g/mol. The van der Waals surface area contributed by atoms with Gasteiger partial charge >= 0.3 is 0 Å². The van der Waals surface area contributed by atoms with Crippen molar-refractivity contribution in [2.45, 2.75) is 6.54 Å². The van der Waals surface area contributed by atoms with Crippen LogP contribution in [0.2, 0.25) is 5.02 Å². The van der Waals surface area contributed by atoms with Gasteiger partial charge in [-0.2, -0.15) is 5.10 Å². The molecule has 0 saturated heterocycles. The van der Waals surface area contributed by atoms with E-state index in [1.165, 1.54) is 0 Å². The highest BCUT2D eigenvalue weighted by Gasteiger charge is 2.05. The zero-order valence-electron chi connectivity index (χ0n) is 11.1. The van der Waals surface area contributed by atoms with Crippen LogP contribution in [0.25, 0.3) is 6.20 Å². The van der Waals surface area contributed by atoms with Crippen LogP contribution in [0, 0.1) is 0 Å². The molecule has 0 bridgehead atoms. The summed E-state index contributed by atoms with van der Waals surface area (Å²) in [5.74, 6) is 0. The zero-order valence-corrected chi connectivity index (χ0v) is 11.9. The molecule has 1 aromatic heterocycles. The highest BCUT2D eigenvalue weighted by molar-refractivity contribution is 6.31. The fourth-order valence-electron chi connectivity index (χ4n) is 1.81. The molecule has 2 aromatic rings. The van der Waals surface area contributed by atoms with Crippen molar-refractivity contribution in [1.82, 2.24) is 9.78 Å². The van der Waals surface area contributed by atoms with Gasteiger partial charge in [-0.05, 0) is 18.2 Å². The molecule has 0 spiro atoms. The smallest absolute Gasteiger partial charge is 0.0597 e. The molecule has 0 fully saturated rings. The molecule has 0 aliphatic carbocycles. The number of nitrogens with one attached hydrogen (secondary N) is 1. The van der Waals surface area contributed by atoms with Gasteiger partial charge in [-0.1, -0.05) is 18.2 Å². The normalized spacial score (nSPS) is 10.3. The summed E-state index contributed by atoms with van der Waals surface area (Å²) in [4.78, 5) is 2.05. The van der Waals surface area contributed by atoms with Crippen LogP contribution < -0.4 is 10.2 Å². The lowest BCUT2D eigenvalue weighted by atomic mass is 10.2. The Labute approximate surface area is 118 Å². The molecule has 19 heavy (non-hydrogen) atoms. The van der Waals surface area contributed by atoms with Crippen LogP contribution in [-0.2, 0) is 6.54 Å². The van der Waals surface area contributed by atoms with E-state index in [4.69, 9.17) is 11.6 Å². The second kappa shape index (κ2) is 5.80.